The lowest BCUT2D eigenvalue weighted by atomic mass is 10.1. The highest BCUT2D eigenvalue weighted by atomic mass is 35.5. The van der Waals surface area contributed by atoms with Crippen molar-refractivity contribution in [3.63, 3.8) is 0 Å². The Hall–Kier alpha value is -1.99. The van der Waals surface area contributed by atoms with Crippen molar-refractivity contribution in [2.75, 3.05) is 12.4 Å². The van der Waals surface area contributed by atoms with E-state index in [9.17, 15) is 18.4 Å². The molecule has 8 heteroatoms. The second-order valence-corrected chi connectivity index (χ2v) is 6.31. The molecule has 1 N–H and O–H groups in total. The Morgan fingerprint density at radius 1 is 1.22 bits per heavy atom. The average molecular weight is 360 g/mol. The van der Waals surface area contributed by atoms with Gasteiger partial charge in [0, 0.05) is 4.88 Å². The maximum absolute atomic E-state index is 13.3. The molecule has 2 aromatic rings. The number of amides is 1. The summed E-state index contributed by atoms with van der Waals surface area (Å²) in [4.78, 5) is 24.9. The Morgan fingerprint density at radius 3 is 2.43 bits per heavy atom. The molecule has 122 valence electrons. The molecule has 0 aliphatic rings. The zero-order chi connectivity index (χ0) is 17.3. The van der Waals surface area contributed by atoms with Crippen molar-refractivity contribution in [2.45, 2.75) is 13.8 Å². The standard InChI is InChI=1S/C15H12ClF2NO3S/c1-6-7(2)23-14(12(6)15(21)22-3)19-13(20)8-4-10(17)11(18)5-9(8)16/h4-5H,1-3H3,(H,19,20). The predicted octanol–water partition coefficient (Wildman–Crippen LogP) is 4.34. The molecule has 0 aliphatic carbocycles. The summed E-state index contributed by atoms with van der Waals surface area (Å²) in [6.45, 7) is 3.50. The van der Waals surface area contributed by atoms with E-state index in [0.717, 1.165) is 10.9 Å². The Bertz CT molecular complexity index is 805. The van der Waals surface area contributed by atoms with Crippen molar-refractivity contribution in [3.05, 3.63) is 50.4 Å². The van der Waals surface area contributed by atoms with Crippen molar-refractivity contribution in [3.8, 4) is 0 Å². The number of thiophene rings is 1. The van der Waals surface area contributed by atoms with Gasteiger partial charge >= 0.3 is 5.97 Å². The number of ether oxygens (including phenoxy) is 1. The molecule has 0 spiro atoms. The van der Waals surface area contributed by atoms with Crippen LogP contribution in [0, 0.1) is 25.5 Å². The number of methoxy groups -OCH3 is 1. The summed E-state index contributed by atoms with van der Waals surface area (Å²) in [6, 6.07) is 1.43. The molecule has 2 rings (SSSR count). The van der Waals surface area contributed by atoms with Crippen LogP contribution in [0.1, 0.15) is 31.2 Å². The highest BCUT2D eigenvalue weighted by Gasteiger charge is 2.23. The predicted molar refractivity (Wildman–Crippen MR) is 84.5 cm³/mol. The van der Waals surface area contributed by atoms with Gasteiger partial charge in [-0.15, -0.1) is 11.3 Å². The number of benzene rings is 1. The first kappa shape index (κ1) is 17.4. The lowest BCUT2D eigenvalue weighted by Crippen LogP contribution is -2.15. The Balaban J connectivity index is 2.40. The minimum absolute atomic E-state index is 0.224. The average Bonchev–Trinajstić information content (AvgIpc) is 2.76. The van der Waals surface area contributed by atoms with E-state index in [4.69, 9.17) is 16.3 Å². The molecule has 0 saturated carbocycles. The lowest BCUT2D eigenvalue weighted by Gasteiger charge is -2.08. The van der Waals surface area contributed by atoms with Crippen LogP contribution in [0.15, 0.2) is 12.1 Å². The normalized spacial score (nSPS) is 10.5. The molecule has 0 radical (unpaired) electrons. The first-order valence-electron chi connectivity index (χ1n) is 6.40. The molecule has 0 unspecified atom stereocenters. The minimum atomic E-state index is -1.19. The van der Waals surface area contributed by atoms with Gasteiger partial charge in [0.2, 0.25) is 0 Å². The summed E-state index contributed by atoms with van der Waals surface area (Å²) in [5.74, 6) is -3.69. The largest absolute Gasteiger partial charge is 0.465 e. The van der Waals surface area contributed by atoms with Gasteiger partial charge in [-0.05, 0) is 31.5 Å². The zero-order valence-corrected chi connectivity index (χ0v) is 14.0. The molecule has 0 atom stereocenters. The van der Waals surface area contributed by atoms with Gasteiger partial charge < -0.3 is 10.1 Å². The number of esters is 1. The first-order chi connectivity index (χ1) is 10.8. The number of carbonyl (C=O) groups excluding carboxylic acids is 2. The summed E-state index contributed by atoms with van der Waals surface area (Å²) < 4.78 is 31.1. The van der Waals surface area contributed by atoms with Crippen molar-refractivity contribution < 1.29 is 23.1 Å². The van der Waals surface area contributed by atoms with E-state index in [0.29, 0.717) is 11.6 Å². The zero-order valence-electron chi connectivity index (χ0n) is 12.4. The van der Waals surface area contributed by atoms with Crippen molar-refractivity contribution in [1.82, 2.24) is 0 Å². The number of anilines is 1. The van der Waals surface area contributed by atoms with Crippen LogP contribution in [-0.2, 0) is 4.74 Å². The van der Waals surface area contributed by atoms with Crippen LogP contribution >= 0.6 is 22.9 Å². The molecule has 0 bridgehead atoms. The third kappa shape index (κ3) is 3.35. The molecule has 0 aliphatic heterocycles. The van der Waals surface area contributed by atoms with Crippen LogP contribution in [0.5, 0.6) is 0 Å². The Labute approximate surface area is 140 Å². The van der Waals surface area contributed by atoms with Crippen LogP contribution in [0.4, 0.5) is 13.8 Å². The van der Waals surface area contributed by atoms with Gasteiger partial charge in [-0.3, -0.25) is 4.79 Å². The van der Waals surface area contributed by atoms with Gasteiger partial charge in [-0.2, -0.15) is 0 Å². The quantitative estimate of drug-likeness (QED) is 0.655. The number of halogens is 3. The number of aryl methyl sites for hydroxylation is 1. The number of rotatable bonds is 3. The molecule has 0 saturated heterocycles. The van der Waals surface area contributed by atoms with Gasteiger partial charge in [-0.1, -0.05) is 11.6 Å². The number of hydrogen-bond acceptors (Lipinski definition) is 4. The highest BCUT2D eigenvalue weighted by Crippen LogP contribution is 2.33. The summed E-state index contributed by atoms with van der Waals surface area (Å²) in [7, 11) is 1.23. The smallest absolute Gasteiger partial charge is 0.341 e. The van der Waals surface area contributed by atoms with E-state index >= 15 is 0 Å². The van der Waals surface area contributed by atoms with E-state index in [1.54, 1.807) is 13.8 Å². The van der Waals surface area contributed by atoms with Crippen LogP contribution in [0.3, 0.4) is 0 Å². The summed E-state index contributed by atoms with van der Waals surface area (Å²) in [5.41, 5.74) is 0.667. The fourth-order valence-electron chi connectivity index (χ4n) is 1.93. The maximum atomic E-state index is 13.3. The van der Waals surface area contributed by atoms with Crippen LogP contribution in [0.25, 0.3) is 0 Å². The molecular formula is C15H12ClF2NO3S. The monoisotopic (exact) mass is 359 g/mol. The lowest BCUT2D eigenvalue weighted by molar-refractivity contribution is 0.0601. The number of carbonyl (C=O) groups is 2. The second-order valence-electron chi connectivity index (χ2n) is 4.68. The molecule has 23 heavy (non-hydrogen) atoms. The van der Waals surface area contributed by atoms with E-state index in [-0.39, 0.29) is 21.2 Å². The molecule has 0 fully saturated rings. The van der Waals surface area contributed by atoms with Gasteiger partial charge in [0.15, 0.2) is 11.6 Å². The molecule has 1 aromatic heterocycles. The van der Waals surface area contributed by atoms with Crippen LogP contribution < -0.4 is 5.32 Å². The molecule has 1 amide bonds. The third-order valence-electron chi connectivity index (χ3n) is 3.26. The Kier molecular flexibility index (Phi) is 5.01. The minimum Gasteiger partial charge on any atom is -0.465 e. The van der Waals surface area contributed by atoms with E-state index in [1.165, 1.54) is 18.4 Å². The molecule has 1 heterocycles. The molecule has 4 nitrogen and oxygen atoms in total. The molecular weight excluding hydrogens is 348 g/mol. The summed E-state index contributed by atoms with van der Waals surface area (Å²) in [5, 5.41) is 2.53. The summed E-state index contributed by atoms with van der Waals surface area (Å²) >= 11 is 6.95. The van der Waals surface area contributed by atoms with E-state index in [1.807, 2.05) is 0 Å². The van der Waals surface area contributed by atoms with Crippen LogP contribution in [0.2, 0.25) is 5.02 Å². The fraction of sp³-hybridized carbons (Fsp3) is 0.200. The second kappa shape index (κ2) is 6.64. The highest BCUT2D eigenvalue weighted by molar-refractivity contribution is 7.16. The molecule has 1 aromatic carbocycles. The Morgan fingerprint density at radius 2 is 1.83 bits per heavy atom. The van der Waals surface area contributed by atoms with Gasteiger partial charge in [0.05, 0.1) is 23.3 Å². The van der Waals surface area contributed by atoms with E-state index < -0.39 is 23.5 Å². The maximum Gasteiger partial charge on any atom is 0.341 e. The fourth-order valence-corrected chi connectivity index (χ4v) is 3.21. The number of nitrogens with one attached hydrogen (secondary N) is 1. The van der Waals surface area contributed by atoms with Crippen molar-refractivity contribution >= 4 is 39.8 Å². The van der Waals surface area contributed by atoms with Gasteiger partial charge in [0.1, 0.15) is 5.00 Å². The van der Waals surface area contributed by atoms with Crippen molar-refractivity contribution in [1.29, 1.82) is 0 Å². The first-order valence-corrected chi connectivity index (χ1v) is 7.59. The topological polar surface area (TPSA) is 55.4 Å². The van der Waals surface area contributed by atoms with Crippen LogP contribution in [-0.4, -0.2) is 19.0 Å². The van der Waals surface area contributed by atoms with Gasteiger partial charge in [0.25, 0.3) is 5.91 Å². The SMILES string of the molecule is COC(=O)c1c(NC(=O)c2cc(F)c(F)cc2Cl)sc(C)c1C. The number of hydrogen-bond donors (Lipinski definition) is 1. The van der Waals surface area contributed by atoms with Gasteiger partial charge in [-0.25, -0.2) is 13.6 Å². The summed E-state index contributed by atoms with van der Waals surface area (Å²) in [6.07, 6.45) is 0. The van der Waals surface area contributed by atoms with Crippen molar-refractivity contribution in [2.24, 2.45) is 0 Å². The van der Waals surface area contributed by atoms with E-state index in [2.05, 4.69) is 5.32 Å². The third-order valence-corrected chi connectivity index (χ3v) is 4.69.